The predicted molar refractivity (Wildman–Crippen MR) is 112 cm³/mol. The molecule has 156 valence electrons. The summed E-state index contributed by atoms with van der Waals surface area (Å²) in [6.45, 7) is 5.75. The summed E-state index contributed by atoms with van der Waals surface area (Å²) in [4.78, 5) is 11.8. The molecule has 3 nitrogen and oxygen atoms in total. The minimum atomic E-state index is -0.914. The molecule has 0 aliphatic carbocycles. The standard InChI is InChI=1S/C18H34O2.C5H13N/c1-2-3-4-5-6-7-8-9-10-11-12-13-14-15-16-17-18(19)20;1-4-5-6(2)3/h9-10H,2-8,11-17H2,1H3,(H,19,20);4-5H2,1-3H3/b10-9-;. The number of rotatable bonds is 17. The van der Waals surface area contributed by atoms with E-state index in [9.17, 15) is 9.90 Å². The van der Waals surface area contributed by atoms with Crippen molar-refractivity contribution >= 4 is 5.97 Å². The molecule has 0 rings (SSSR count). The number of unbranched alkanes of at least 4 members (excludes halogenated alkanes) is 11. The van der Waals surface area contributed by atoms with Gasteiger partial charge in [0.2, 0.25) is 0 Å². The van der Waals surface area contributed by atoms with Crippen molar-refractivity contribution in [2.45, 2.75) is 110 Å². The van der Waals surface area contributed by atoms with E-state index in [1.54, 1.807) is 0 Å². The van der Waals surface area contributed by atoms with Gasteiger partial charge in [-0.15, -0.1) is 0 Å². The van der Waals surface area contributed by atoms with Crippen molar-refractivity contribution in [1.29, 1.82) is 0 Å². The maximum Gasteiger partial charge on any atom is 0.0764 e. The average molecular weight is 370 g/mol. The molecule has 0 heterocycles. The van der Waals surface area contributed by atoms with E-state index in [4.69, 9.17) is 0 Å². The van der Waals surface area contributed by atoms with Crippen molar-refractivity contribution < 1.29 is 14.8 Å². The molecule has 0 bridgehead atoms. The zero-order valence-electron chi connectivity index (χ0n) is 18.3. The molecule has 3 heteroatoms. The molecule has 0 radical (unpaired) electrons. The number of carboxylic acid groups (broad SMARTS) is 1. The van der Waals surface area contributed by atoms with E-state index in [-0.39, 0.29) is 6.42 Å². The Labute approximate surface area is 164 Å². The molecule has 0 aliphatic heterocycles. The van der Waals surface area contributed by atoms with Crippen LogP contribution in [-0.2, 0) is 4.79 Å². The van der Waals surface area contributed by atoms with E-state index in [0.29, 0.717) is 0 Å². The van der Waals surface area contributed by atoms with Crippen LogP contribution in [0, 0.1) is 0 Å². The third-order valence-electron chi connectivity index (χ3n) is 4.39. The zero-order valence-corrected chi connectivity index (χ0v) is 18.3. The second-order valence-electron chi connectivity index (χ2n) is 7.66. The highest BCUT2D eigenvalue weighted by molar-refractivity contribution is 5.63. The largest absolute Gasteiger partial charge is 0.550 e. The van der Waals surface area contributed by atoms with Crippen LogP contribution < -0.4 is 10.0 Å². The van der Waals surface area contributed by atoms with E-state index in [0.717, 1.165) is 19.3 Å². The van der Waals surface area contributed by atoms with Crippen LogP contribution in [0.15, 0.2) is 12.2 Å². The van der Waals surface area contributed by atoms with Crippen molar-refractivity contribution in [2.24, 2.45) is 0 Å². The second kappa shape index (κ2) is 24.2. The summed E-state index contributed by atoms with van der Waals surface area (Å²) in [5.74, 6) is -0.914. The molecule has 0 aromatic heterocycles. The van der Waals surface area contributed by atoms with E-state index in [2.05, 4.69) is 40.1 Å². The monoisotopic (exact) mass is 369 g/mol. The molecule has 0 atom stereocenters. The van der Waals surface area contributed by atoms with Crippen molar-refractivity contribution in [1.82, 2.24) is 0 Å². The molecular formula is C23H47NO2. The first kappa shape index (κ1) is 27.4. The molecule has 1 N–H and O–H groups in total. The average Bonchev–Trinajstić information content (AvgIpc) is 2.58. The maximum atomic E-state index is 10.2. The first-order chi connectivity index (χ1) is 12.5. The fourth-order valence-electron chi connectivity index (χ4n) is 2.84. The van der Waals surface area contributed by atoms with Crippen LogP contribution in [0.1, 0.15) is 110 Å². The third kappa shape index (κ3) is 31.0. The van der Waals surface area contributed by atoms with Crippen molar-refractivity contribution in [3.63, 3.8) is 0 Å². The van der Waals surface area contributed by atoms with Crippen LogP contribution in [-0.4, -0.2) is 26.6 Å². The van der Waals surface area contributed by atoms with Gasteiger partial charge >= 0.3 is 0 Å². The Morgan fingerprint density at radius 3 is 1.58 bits per heavy atom. The molecule has 0 aliphatic rings. The summed E-state index contributed by atoms with van der Waals surface area (Å²) >= 11 is 0. The number of nitrogens with one attached hydrogen (secondary N) is 1. The smallest absolute Gasteiger partial charge is 0.0764 e. The summed E-state index contributed by atoms with van der Waals surface area (Å²) in [6, 6.07) is 0. The number of aliphatic carboxylic acids is 1. The van der Waals surface area contributed by atoms with Crippen LogP contribution in [0.25, 0.3) is 0 Å². The fraction of sp³-hybridized carbons (Fsp3) is 0.870. The lowest BCUT2D eigenvalue weighted by molar-refractivity contribution is -0.858. The van der Waals surface area contributed by atoms with Crippen LogP contribution in [0.2, 0.25) is 0 Å². The normalized spacial score (nSPS) is 11.0. The van der Waals surface area contributed by atoms with Gasteiger partial charge in [-0.3, -0.25) is 0 Å². The Kier molecular flexibility index (Phi) is 25.5. The van der Waals surface area contributed by atoms with Gasteiger partial charge in [0.15, 0.2) is 0 Å². The Balaban J connectivity index is 0. The van der Waals surface area contributed by atoms with E-state index < -0.39 is 5.97 Å². The Hall–Kier alpha value is -0.830. The van der Waals surface area contributed by atoms with E-state index >= 15 is 0 Å². The zero-order chi connectivity index (χ0) is 19.9. The molecule has 0 saturated heterocycles. The maximum absolute atomic E-state index is 10.2. The summed E-state index contributed by atoms with van der Waals surface area (Å²) in [5.41, 5.74) is 0. The lowest BCUT2D eigenvalue weighted by Gasteiger charge is -2.01. The Morgan fingerprint density at radius 1 is 0.731 bits per heavy atom. The van der Waals surface area contributed by atoms with Gasteiger partial charge in [-0.2, -0.15) is 0 Å². The number of allylic oxidation sites excluding steroid dienone is 2. The molecule has 0 amide bonds. The van der Waals surface area contributed by atoms with Gasteiger partial charge in [0, 0.05) is 5.97 Å². The minimum Gasteiger partial charge on any atom is -0.550 e. The van der Waals surface area contributed by atoms with Gasteiger partial charge in [0.05, 0.1) is 20.6 Å². The van der Waals surface area contributed by atoms with Crippen molar-refractivity contribution in [3.8, 4) is 0 Å². The van der Waals surface area contributed by atoms with Crippen LogP contribution in [0.3, 0.4) is 0 Å². The molecule has 0 fully saturated rings. The first-order valence-corrected chi connectivity index (χ1v) is 11.2. The molecule has 0 aromatic carbocycles. The van der Waals surface area contributed by atoms with Gasteiger partial charge in [-0.1, -0.05) is 77.4 Å². The van der Waals surface area contributed by atoms with Gasteiger partial charge in [-0.25, -0.2) is 0 Å². The lowest BCUT2D eigenvalue weighted by Crippen LogP contribution is -3.05. The summed E-state index contributed by atoms with van der Waals surface area (Å²) < 4.78 is 0. The minimum absolute atomic E-state index is 0.220. The highest BCUT2D eigenvalue weighted by Gasteiger charge is 1.91. The van der Waals surface area contributed by atoms with Crippen molar-refractivity contribution in [3.05, 3.63) is 12.2 Å². The molecular weight excluding hydrogens is 322 g/mol. The topological polar surface area (TPSA) is 44.6 Å². The number of hydrogen-bond donors (Lipinski definition) is 1. The number of carbonyl (C=O) groups excluding carboxylic acids is 1. The lowest BCUT2D eigenvalue weighted by atomic mass is 10.1. The Morgan fingerprint density at radius 2 is 1.19 bits per heavy atom. The number of carboxylic acids is 1. The molecule has 0 aromatic rings. The van der Waals surface area contributed by atoms with Crippen LogP contribution in [0.5, 0.6) is 0 Å². The summed E-state index contributed by atoms with van der Waals surface area (Å²) in [7, 11) is 4.34. The molecule has 0 spiro atoms. The molecule has 0 unspecified atom stereocenters. The van der Waals surface area contributed by atoms with Crippen LogP contribution >= 0.6 is 0 Å². The quantitative estimate of drug-likeness (QED) is 0.307. The van der Waals surface area contributed by atoms with Crippen molar-refractivity contribution in [2.75, 3.05) is 20.6 Å². The van der Waals surface area contributed by atoms with Gasteiger partial charge < -0.3 is 14.8 Å². The van der Waals surface area contributed by atoms with Gasteiger partial charge in [0.1, 0.15) is 0 Å². The molecule has 26 heavy (non-hydrogen) atoms. The number of hydrogen-bond acceptors (Lipinski definition) is 2. The van der Waals surface area contributed by atoms with E-state index in [1.165, 1.54) is 82.1 Å². The number of carbonyl (C=O) groups is 1. The highest BCUT2D eigenvalue weighted by atomic mass is 16.4. The number of quaternary nitrogens is 1. The fourth-order valence-corrected chi connectivity index (χ4v) is 2.84. The Bertz CT molecular complexity index is 301. The van der Waals surface area contributed by atoms with E-state index in [1.807, 2.05) is 0 Å². The first-order valence-electron chi connectivity index (χ1n) is 11.2. The molecule has 0 saturated carbocycles. The predicted octanol–water partition coefficient (Wildman–Crippen LogP) is 4.31. The van der Waals surface area contributed by atoms with Crippen LogP contribution in [0.4, 0.5) is 0 Å². The SMILES string of the molecule is CCCCCCCC/C=C\CCCCCCCC(=O)[O-].CCC[NH+](C)C. The van der Waals surface area contributed by atoms with Gasteiger partial charge in [0.25, 0.3) is 0 Å². The van der Waals surface area contributed by atoms with Gasteiger partial charge in [-0.05, 0) is 44.9 Å². The summed E-state index contributed by atoms with van der Waals surface area (Å²) in [5, 5.41) is 10.2. The highest BCUT2D eigenvalue weighted by Crippen LogP contribution is 2.09. The third-order valence-corrected chi connectivity index (χ3v) is 4.39. The summed E-state index contributed by atoms with van der Waals surface area (Å²) in [6.07, 6.45) is 22.2. The second-order valence-corrected chi connectivity index (χ2v) is 7.66.